The molecule has 5 rings (SSSR count). The Morgan fingerprint density at radius 3 is 2.06 bits per heavy atom. The number of fused-ring (bicyclic) bond motifs is 2. The van der Waals surface area contributed by atoms with E-state index in [1.807, 2.05) is 6.07 Å². The molecule has 1 aliphatic carbocycles. The number of rotatable bonds is 2. The van der Waals surface area contributed by atoms with Crippen molar-refractivity contribution >= 4 is 17.1 Å². The second-order valence-electron chi connectivity index (χ2n) is 10.1. The van der Waals surface area contributed by atoms with E-state index in [0.29, 0.717) is 0 Å². The summed E-state index contributed by atoms with van der Waals surface area (Å²) in [5.74, 6) is 0. The largest absolute Gasteiger partial charge is 0.504 e. The first-order chi connectivity index (χ1) is 14.3. The van der Waals surface area contributed by atoms with Gasteiger partial charge in [-0.2, -0.15) is 24.9 Å². The fraction of sp³-hybridized carbons (Fsp3) is 0.321. The van der Waals surface area contributed by atoms with Crippen LogP contribution in [0.1, 0.15) is 51.7 Å². The summed E-state index contributed by atoms with van der Waals surface area (Å²) < 4.78 is 0. The minimum Gasteiger partial charge on any atom is -0.504 e. The Morgan fingerprint density at radius 2 is 1.42 bits per heavy atom. The Kier molecular flexibility index (Phi) is 5.56. The molecule has 2 aliphatic rings. The second-order valence-corrected chi connectivity index (χ2v) is 10.1. The predicted octanol–water partition coefficient (Wildman–Crippen LogP) is 7.21. The summed E-state index contributed by atoms with van der Waals surface area (Å²) in [6.45, 7) is 11.8. The zero-order valence-corrected chi connectivity index (χ0v) is 21.4. The van der Waals surface area contributed by atoms with Crippen molar-refractivity contribution < 1.29 is 20.1 Å². The Hall–Kier alpha value is -2.09. The van der Waals surface area contributed by atoms with Crippen LogP contribution < -0.4 is 9.80 Å². The van der Waals surface area contributed by atoms with Gasteiger partial charge in [-0.3, -0.25) is 0 Å². The Labute approximate surface area is 200 Å². The standard InChI is InChI=1S/C28H30N2.Ir/c1-27(2)14-15-28(3,4)24-18-26-25(17-23(24)27)29(5)19-30(26)22-13-9-12-21(16-22)20-10-7-6-8-11-20;/h6-12,16-19H,14-15H2,1-5H3;/q-2;. The molecule has 0 bridgehead atoms. The Morgan fingerprint density at radius 1 is 0.806 bits per heavy atom. The number of hydrogen-bond acceptors (Lipinski definition) is 2. The van der Waals surface area contributed by atoms with Crippen molar-refractivity contribution in [2.24, 2.45) is 0 Å². The van der Waals surface area contributed by atoms with E-state index in [4.69, 9.17) is 0 Å². The van der Waals surface area contributed by atoms with Crippen LogP contribution in [0.15, 0.2) is 60.7 Å². The van der Waals surface area contributed by atoms with Gasteiger partial charge in [0.2, 0.25) is 0 Å². The van der Waals surface area contributed by atoms with Gasteiger partial charge in [0.05, 0.1) is 0 Å². The fourth-order valence-electron chi connectivity index (χ4n) is 4.96. The average molecular weight is 587 g/mol. The molecule has 0 aromatic heterocycles. The van der Waals surface area contributed by atoms with Crippen LogP contribution in [0.2, 0.25) is 0 Å². The first-order valence-corrected chi connectivity index (χ1v) is 10.9. The van der Waals surface area contributed by atoms with E-state index < -0.39 is 0 Å². The summed E-state index contributed by atoms with van der Waals surface area (Å²) in [6.07, 6.45) is 2.46. The molecule has 0 atom stereocenters. The molecule has 1 radical (unpaired) electrons. The van der Waals surface area contributed by atoms with Crippen LogP contribution in [-0.4, -0.2) is 7.05 Å². The molecule has 0 spiro atoms. The summed E-state index contributed by atoms with van der Waals surface area (Å²) in [6, 6.07) is 25.3. The molecule has 0 saturated carbocycles. The summed E-state index contributed by atoms with van der Waals surface area (Å²) in [4.78, 5) is 4.54. The summed E-state index contributed by atoms with van der Waals surface area (Å²) in [5, 5.41) is 0. The topological polar surface area (TPSA) is 6.48 Å². The Balaban J connectivity index is 0.00000231. The number of hydrogen-bond donors (Lipinski definition) is 0. The third-order valence-corrected chi connectivity index (χ3v) is 7.03. The van der Waals surface area contributed by atoms with Crippen molar-refractivity contribution in [1.82, 2.24) is 0 Å². The van der Waals surface area contributed by atoms with Gasteiger partial charge in [-0.15, -0.1) is 17.3 Å². The Bertz CT molecular complexity index is 1100. The normalized spacial score (nSPS) is 18.2. The van der Waals surface area contributed by atoms with Crippen molar-refractivity contribution in [3.63, 3.8) is 0 Å². The maximum atomic E-state index is 3.47. The van der Waals surface area contributed by atoms with Crippen LogP contribution in [0.25, 0.3) is 11.1 Å². The maximum absolute atomic E-state index is 3.47. The van der Waals surface area contributed by atoms with Gasteiger partial charge in [0, 0.05) is 31.5 Å². The van der Waals surface area contributed by atoms with E-state index in [-0.39, 0.29) is 30.9 Å². The van der Waals surface area contributed by atoms with Crippen molar-refractivity contribution in [2.75, 3.05) is 16.8 Å². The molecular weight excluding hydrogens is 557 g/mol. The summed E-state index contributed by atoms with van der Waals surface area (Å²) in [7, 11) is 2.15. The van der Waals surface area contributed by atoms with Gasteiger partial charge in [-0.05, 0) is 59.5 Å². The van der Waals surface area contributed by atoms with Crippen LogP contribution in [0.3, 0.4) is 0 Å². The minimum absolute atomic E-state index is 0. The number of benzene rings is 3. The van der Waals surface area contributed by atoms with Gasteiger partial charge in [0.1, 0.15) is 0 Å². The van der Waals surface area contributed by atoms with Gasteiger partial charge >= 0.3 is 0 Å². The third-order valence-electron chi connectivity index (χ3n) is 7.03. The molecule has 2 nitrogen and oxygen atoms in total. The molecule has 0 fully saturated rings. The molecule has 3 aromatic rings. The molecule has 1 heterocycles. The van der Waals surface area contributed by atoms with Gasteiger partial charge in [-0.1, -0.05) is 58.0 Å². The van der Waals surface area contributed by atoms with Gasteiger partial charge < -0.3 is 9.80 Å². The van der Waals surface area contributed by atoms with Crippen LogP contribution >= 0.6 is 0 Å². The predicted molar refractivity (Wildman–Crippen MR) is 127 cm³/mol. The monoisotopic (exact) mass is 587 g/mol. The third kappa shape index (κ3) is 3.73. The van der Waals surface area contributed by atoms with E-state index in [9.17, 15) is 0 Å². The molecule has 0 N–H and O–H groups in total. The molecular formula is C28H30IrN2-2. The van der Waals surface area contributed by atoms with E-state index in [1.165, 1.54) is 46.5 Å². The zero-order valence-electron chi connectivity index (χ0n) is 19.0. The summed E-state index contributed by atoms with van der Waals surface area (Å²) >= 11 is 0. The van der Waals surface area contributed by atoms with Crippen LogP contribution in [0, 0.1) is 12.7 Å². The number of nitrogens with zero attached hydrogens (tertiary/aromatic N) is 2. The van der Waals surface area contributed by atoms with Crippen LogP contribution in [0.4, 0.5) is 17.1 Å². The molecule has 1 aliphatic heterocycles. The van der Waals surface area contributed by atoms with E-state index in [0.717, 1.165) is 5.69 Å². The van der Waals surface area contributed by atoms with E-state index in [1.54, 1.807) is 0 Å². The first kappa shape index (κ1) is 22.1. The SMILES string of the molecule is CN1[CH-]N(c2[c-]ccc(-c3ccccc3)c2)c2cc3c(cc21)C(C)(C)CCC3(C)C.[Ir]. The molecule has 3 heteroatoms. The van der Waals surface area contributed by atoms with Crippen LogP contribution in [0.5, 0.6) is 0 Å². The van der Waals surface area contributed by atoms with Crippen molar-refractivity contribution in [1.29, 1.82) is 0 Å². The molecule has 3 aromatic carbocycles. The maximum Gasteiger partial charge on any atom is 0.0329 e. The summed E-state index contributed by atoms with van der Waals surface area (Å²) in [5.41, 5.74) is 9.46. The first-order valence-electron chi connectivity index (χ1n) is 10.9. The molecule has 31 heavy (non-hydrogen) atoms. The van der Waals surface area contributed by atoms with Crippen molar-refractivity contribution in [3.8, 4) is 11.1 Å². The van der Waals surface area contributed by atoms with Gasteiger partial charge in [0.15, 0.2) is 0 Å². The molecule has 0 unspecified atom stereocenters. The zero-order chi connectivity index (χ0) is 21.1. The van der Waals surface area contributed by atoms with E-state index in [2.05, 4.69) is 112 Å². The average Bonchev–Trinajstić information content (AvgIpc) is 3.08. The van der Waals surface area contributed by atoms with Crippen molar-refractivity contribution in [3.05, 3.63) is 84.5 Å². The minimum atomic E-state index is 0. The van der Waals surface area contributed by atoms with Crippen LogP contribution in [-0.2, 0) is 30.9 Å². The number of anilines is 3. The smallest absolute Gasteiger partial charge is 0.0329 e. The molecule has 0 saturated heterocycles. The van der Waals surface area contributed by atoms with Gasteiger partial charge in [0.25, 0.3) is 0 Å². The molecule has 0 amide bonds. The van der Waals surface area contributed by atoms with E-state index >= 15 is 0 Å². The quantitative estimate of drug-likeness (QED) is 0.293. The second kappa shape index (κ2) is 7.80. The van der Waals surface area contributed by atoms with Gasteiger partial charge in [-0.25, -0.2) is 0 Å². The fourth-order valence-corrected chi connectivity index (χ4v) is 4.96. The van der Waals surface area contributed by atoms with Crippen molar-refractivity contribution in [2.45, 2.75) is 51.4 Å². The molecule has 163 valence electrons.